The molecule has 0 aromatic carbocycles. The van der Waals surface area contributed by atoms with Gasteiger partial charge in [-0.2, -0.15) is 5.26 Å². The number of hydrogen-bond donors (Lipinski definition) is 1. The lowest BCUT2D eigenvalue weighted by Crippen LogP contribution is -1.74. The highest BCUT2D eigenvalue weighted by atomic mass is 16.3. The summed E-state index contributed by atoms with van der Waals surface area (Å²) in [5.74, 6) is -0.0532. The molecule has 0 atom stereocenters. The normalized spacial score (nSPS) is 14.0. The highest BCUT2D eigenvalue weighted by Crippen LogP contribution is 1.94. The maximum Gasteiger partial charge on any atom is 0.102 e. The summed E-state index contributed by atoms with van der Waals surface area (Å²) in [6, 6.07) is 1.69. The Morgan fingerprint density at radius 1 is 2.00 bits per heavy atom. The molecular weight excluding hydrogens is 90.1 g/mol. The van der Waals surface area contributed by atoms with Gasteiger partial charge in [-0.05, 0) is 13.8 Å². The van der Waals surface area contributed by atoms with Gasteiger partial charge in [0, 0.05) is 1.37 Å². The van der Waals surface area contributed by atoms with Crippen molar-refractivity contribution in [1.82, 2.24) is 0 Å². The van der Waals surface area contributed by atoms with Gasteiger partial charge in [-0.3, -0.25) is 0 Å². The van der Waals surface area contributed by atoms with Crippen LogP contribution >= 0.6 is 0 Å². The minimum absolute atomic E-state index is 0.0532. The molecule has 38 valence electrons. The molecule has 0 aliphatic heterocycles. The molecule has 0 aromatic heterocycles. The molecule has 0 spiro atoms. The molecule has 1 N–H and O–H groups in total. The molecule has 0 saturated heterocycles. The molecule has 0 aliphatic rings. The van der Waals surface area contributed by atoms with Crippen LogP contribution in [0.25, 0.3) is 0 Å². The summed E-state index contributed by atoms with van der Waals surface area (Å²) < 4.78 is 6.65. The van der Waals surface area contributed by atoms with Crippen molar-refractivity contribution in [3.63, 3.8) is 0 Å². The van der Waals surface area contributed by atoms with Crippen LogP contribution in [0.3, 0.4) is 0 Å². The molecule has 0 aliphatic carbocycles. The van der Waals surface area contributed by atoms with Crippen molar-refractivity contribution in [2.24, 2.45) is 0 Å². The largest absolute Gasteiger partial charge is 0.512 e. The molecule has 2 nitrogen and oxygen atoms in total. The second-order valence-electron chi connectivity index (χ2n) is 1.18. The Morgan fingerprint density at radius 2 is 2.57 bits per heavy atom. The van der Waals surface area contributed by atoms with E-state index in [-0.39, 0.29) is 18.2 Å². The number of hydrogen-bond acceptors (Lipinski definition) is 2. The van der Waals surface area contributed by atoms with Gasteiger partial charge in [0.25, 0.3) is 0 Å². The minimum atomic E-state index is -0.140. The number of nitrogens with zero attached hydrogens (tertiary/aromatic N) is 1. The number of rotatable bonds is 0. The molecule has 0 bridgehead atoms. The van der Waals surface area contributed by atoms with E-state index < -0.39 is 0 Å². The Kier molecular flexibility index (Phi) is 1.35. The summed E-state index contributed by atoms with van der Waals surface area (Å²) in [6.45, 7) is 1.26. The lowest BCUT2D eigenvalue weighted by Gasteiger charge is -1.84. The highest BCUT2D eigenvalue weighted by molar-refractivity contribution is 5.19. The zero-order valence-corrected chi connectivity index (χ0v) is 4.10. The van der Waals surface area contributed by atoms with Gasteiger partial charge in [-0.1, -0.05) is 0 Å². The Balaban J connectivity index is 4.15. The second kappa shape index (κ2) is 2.25. The Hall–Kier alpha value is -0.970. The van der Waals surface area contributed by atoms with E-state index in [1.807, 2.05) is 0 Å². The zero-order valence-electron chi connectivity index (χ0n) is 5.10. The van der Waals surface area contributed by atoms with Crippen LogP contribution in [0.15, 0.2) is 11.3 Å². The number of aliphatic hydroxyl groups is 1. The summed E-state index contributed by atoms with van der Waals surface area (Å²) in [5.41, 5.74) is 0.130. The van der Waals surface area contributed by atoms with Crippen molar-refractivity contribution >= 4 is 0 Å². The fraction of sp³-hybridized carbons (Fsp3) is 0.400. The minimum Gasteiger partial charge on any atom is -0.512 e. The second-order valence-corrected chi connectivity index (χ2v) is 1.18. The quantitative estimate of drug-likeness (QED) is 0.367. The maximum absolute atomic E-state index is 8.55. The van der Waals surface area contributed by atoms with Crippen LogP contribution in [-0.4, -0.2) is 5.11 Å². The van der Waals surface area contributed by atoms with Crippen molar-refractivity contribution in [3.8, 4) is 6.07 Å². The van der Waals surface area contributed by atoms with Crippen molar-refractivity contribution in [2.45, 2.75) is 13.8 Å². The van der Waals surface area contributed by atoms with Crippen molar-refractivity contribution < 1.29 is 6.48 Å². The Morgan fingerprint density at radius 3 is 2.57 bits per heavy atom. The van der Waals surface area contributed by atoms with Crippen molar-refractivity contribution in [3.05, 3.63) is 11.3 Å². The van der Waals surface area contributed by atoms with Gasteiger partial charge >= 0.3 is 0 Å². The van der Waals surface area contributed by atoms with Gasteiger partial charge in [0.05, 0.1) is 11.6 Å². The van der Waals surface area contributed by atoms with E-state index in [1.54, 1.807) is 6.07 Å². The van der Waals surface area contributed by atoms with Gasteiger partial charge in [-0.25, -0.2) is 0 Å². The summed E-state index contributed by atoms with van der Waals surface area (Å²) in [5, 5.41) is 16.7. The summed E-state index contributed by atoms with van der Waals surface area (Å²) in [6.07, 6.45) is 0. The van der Waals surface area contributed by atoms with Crippen LogP contribution in [0.2, 0.25) is 0 Å². The van der Waals surface area contributed by atoms with Gasteiger partial charge in [0.2, 0.25) is 0 Å². The van der Waals surface area contributed by atoms with E-state index in [0.717, 1.165) is 0 Å². The van der Waals surface area contributed by atoms with Gasteiger partial charge < -0.3 is 5.11 Å². The van der Waals surface area contributed by atoms with Crippen LogP contribution in [0.4, 0.5) is 0 Å². The topological polar surface area (TPSA) is 44.0 Å². The summed E-state index contributed by atoms with van der Waals surface area (Å²) in [4.78, 5) is 0. The van der Waals surface area contributed by atoms with Crippen LogP contribution in [0, 0.1) is 11.3 Å². The SMILES string of the molecule is [2H]CC(C#N)=C(C)O. The molecular formula is C5H7NO. The van der Waals surface area contributed by atoms with E-state index in [4.69, 9.17) is 11.7 Å². The highest BCUT2D eigenvalue weighted by Gasteiger charge is 1.86. The molecule has 0 radical (unpaired) electrons. The number of nitriles is 1. The first kappa shape index (κ1) is 4.20. The molecule has 0 amide bonds. The molecule has 0 rings (SSSR count). The molecule has 0 unspecified atom stereocenters. The monoisotopic (exact) mass is 98.1 g/mol. The van der Waals surface area contributed by atoms with Crippen molar-refractivity contribution in [2.75, 3.05) is 0 Å². The maximum atomic E-state index is 8.55. The van der Waals surface area contributed by atoms with Gasteiger partial charge in [0.1, 0.15) is 5.76 Å². The van der Waals surface area contributed by atoms with E-state index in [0.29, 0.717) is 0 Å². The first-order chi connectivity index (χ1) is 3.72. The summed E-state index contributed by atoms with van der Waals surface area (Å²) in [7, 11) is 0. The fourth-order valence-electron chi connectivity index (χ4n) is 0.0809. The lowest BCUT2D eigenvalue weighted by molar-refractivity contribution is 0.409. The van der Waals surface area contributed by atoms with Crippen LogP contribution in [0.5, 0.6) is 0 Å². The van der Waals surface area contributed by atoms with Gasteiger partial charge in [0.15, 0.2) is 0 Å². The fourth-order valence-corrected chi connectivity index (χ4v) is 0.0809. The number of aliphatic hydroxyl groups excluding tert-OH is 1. The zero-order chi connectivity index (χ0) is 6.57. The van der Waals surface area contributed by atoms with E-state index >= 15 is 0 Å². The van der Waals surface area contributed by atoms with E-state index in [9.17, 15) is 0 Å². The Labute approximate surface area is 44.1 Å². The average molecular weight is 98.1 g/mol. The van der Waals surface area contributed by atoms with Crippen LogP contribution in [-0.2, 0) is 0 Å². The lowest BCUT2D eigenvalue weighted by atomic mass is 10.3. The molecule has 0 aromatic rings. The van der Waals surface area contributed by atoms with E-state index in [2.05, 4.69) is 0 Å². The first-order valence-corrected chi connectivity index (χ1v) is 1.80. The van der Waals surface area contributed by atoms with Gasteiger partial charge in [-0.15, -0.1) is 0 Å². The third-order valence-corrected chi connectivity index (χ3v) is 0.572. The number of allylic oxidation sites excluding steroid dienone is 2. The standard InChI is InChI=1S/C5H7NO/c1-4(3-6)5(2)7/h7H,1-2H3/i1D. The van der Waals surface area contributed by atoms with Crippen LogP contribution < -0.4 is 0 Å². The van der Waals surface area contributed by atoms with Crippen LogP contribution in [0.1, 0.15) is 15.2 Å². The molecule has 7 heavy (non-hydrogen) atoms. The first-order valence-electron chi connectivity index (χ1n) is 2.51. The average Bonchev–Trinajstić information content (AvgIpc) is 1.69. The third-order valence-electron chi connectivity index (χ3n) is 0.572. The van der Waals surface area contributed by atoms with Crippen molar-refractivity contribution in [1.29, 1.82) is 5.26 Å². The molecule has 0 saturated carbocycles. The summed E-state index contributed by atoms with van der Waals surface area (Å²) >= 11 is 0. The predicted octanol–water partition coefficient (Wildman–Crippen LogP) is 1.36. The molecule has 2 heteroatoms. The molecule has 0 heterocycles. The van der Waals surface area contributed by atoms with E-state index in [1.165, 1.54) is 6.92 Å². The molecule has 0 fully saturated rings. The Bertz CT molecular complexity index is 141. The predicted molar refractivity (Wildman–Crippen MR) is 26.6 cm³/mol. The smallest absolute Gasteiger partial charge is 0.102 e. The third kappa shape index (κ3) is 1.83.